The lowest BCUT2D eigenvalue weighted by molar-refractivity contribution is -0.167. The van der Waals surface area contributed by atoms with Gasteiger partial charge in [0.05, 0.1) is 0 Å². The number of esters is 3. The van der Waals surface area contributed by atoms with E-state index in [-0.39, 0.29) is 31.1 Å². The van der Waals surface area contributed by atoms with Gasteiger partial charge in [-0.25, -0.2) is 0 Å². The lowest BCUT2D eigenvalue weighted by atomic mass is 10.0. The van der Waals surface area contributed by atoms with E-state index in [4.69, 9.17) is 14.2 Å². The van der Waals surface area contributed by atoms with Crippen LogP contribution in [0.15, 0.2) is 60.8 Å². The lowest BCUT2D eigenvalue weighted by Gasteiger charge is -2.18. The second kappa shape index (κ2) is 69.6. The van der Waals surface area contributed by atoms with Crippen molar-refractivity contribution in [3.8, 4) is 0 Å². The van der Waals surface area contributed by atoms with Gasteiger partial charge < -0.3 is 14.2 Å². The topological polar surface area (TPSA) is 78.9 Å². The summed E-state index contributed by atoms with van der Waals surface area (Å²) in [5.41, 5.74) is 0. The molecule has 472 valence electrons. The van der Waals surface area contributed by atoms with Gasteiger partial charge >= 0.3 is 17.9 Å². The van der Waals surface area contributed by atoms with E-state index in [1.807, 2.05) is 0 Å². The molecule has 0 aromatic rings. The fourth-order valence-corrected chi connectivity index (χ4v) is 10.7. The van der Waals surface area contributed by atoms with Crippen molar-refractivity contribution in [3.05, 3.63) is 60.8 Å². The third kappa shape index (κ3) is 67.8. The van der Waals surface area contributed by atoms with Gasteiger partial charge in [-0.3, -0.25) is 14.4 Å². The Bertz CT molecular complexity index is 1440. The van der Waals surface area contributed by atoms with Crippen LogP contribution in [0.1, 0.15) is 380 Å². The molecule has 6 nitrogen and oxygen atoms in total. The van der Waals surface area contributed by atoms with Crippen LogP contribution in [0.3, 0.4) is 0 Å². The van der Waals surface area contributed by atoms with Crippen LogP contribution >= 0.6 is 0 Å². The second-order valence-corrected chi connectivity index (χ2v) is 24.1. The number of ether oxygens (including phenoxy) is 3. The Morgan fingerprint density at radius 1 is 0.259 bits per heavy atom. The molecule has 0 saturated carbocycles. The molecule has 0 fully saturated rings. The largest absolute Gasteiger partial charge is 0.462 e. The van der Waals surface area contributed by atoms with Crippen molar-refractivity contribution in [2.75, 3.05) is 13.2 Å². The van der Waals surface area contributed by atoms with Crippen LogP contribution in [0.4, 0.5) is 0 Å². The third-order valence-electron chi connectivity index (χ3n) is 16.0. The van der Waals surface area contributed by atoms with Gasteiger partial charge in [0.2, 0.25) is 0 Å². The molecule has 0 aliphatic rings. The first kappa shape index (κ1) is 78.1. The van der Waals surface area contributed by atoms with E-state index in [1.54, 1.807) is 0 Å². The van der Waals surface area contributed by atoms with Crippen LogP contribution in [0.25, 0.3) is 0 Å². The smallest absolute Gasteiger partial charge is 0.306 e. The molecule has 0 saturated heterocycles. The zero-order valence-corrected chi connectivity index (χ0v) is 54.3. The number of carbonyl (C=O) groups is 3. The molecule has 0 aromatic carbocycles. The minimum atomic E-state index is -0.769. The maximum absolute atomic E-state index is 12.9. The predicted octanol–water partition coefficient (Wildman–Crippen LogP) is 24.7. The summed E-state index contributed by atoms with van der Waals surface area (Å²) in [4.78, 5) is 38.3. The molecule has 0 heterocycles. The van der Waals surface area contributed by atoms with Gasteiger partial charge in [-0.05, 0) is 64.2 Å². The van der Waals surface area contributed by atoms with Crippen LogP contribution in [0.2, 0.25) is 0 Å². The maximum atomic E-state index is 12.9. The second-order valence-electron chi connectivity index (χ2n) is 24.1. The summed E-state index contributed by atoms with van der Waals surface area (Å²) in [6.45, 7) is 6.57. The lowest BCUT2D eigenvalue weighted by Crippen LogP contribution is -2.30. The van der Waals surface area contributed by atoms with Crippen LogP contribution in [-0.4, -0.2) is 37.2 Å². The van der Waals surface area contributed by atoms with Crippen molar-refractivity contribution in [1.29, 1.82) is 0 Å². The van der Waals surface area contributed by atoms with E-state index in [9.17, 15) is 14.4 Å². The van der Waals surface area contributed by atoms with Crippen molar-refractivity contribution in [2.24, 2.45) is 0 Å². The Kier molecular flexibility index (Phi) is 67.1. The molecular weight excluding hydrogens is 997 g/mol. The summed E-state index contributed by atoms with van der Waals surface area (Å²) in [6, 6.07) is 0. The summed E-state index contributed by atoms with van der Waals surface area (Å²) >= 11 is 0. The minimum absolute atomic E-state index is 0.0673. The minimum Gasteiger partial charge on any atom is -0.462 e. The van der Waals surface area contributed by atoms with Crippen molar-refractivity contribution in [2.45, 2.75) is 386 Å². The van der Waals surface area contributed by atoms with Gasteiger partial charge in [-0.1, -0.05) is 358 Å². The molecule has 0 bridgehead atoms. The SMILES string of the molecule is CC/C=C\C/C=C\C/C=C\C/C=C\C/C=C\CCCCCCCCCCCCCCCCCC(=O)OCC(COC(=O)CCCCCCCCCCC)OC(=O)CCCCCCCCCCCCCCCCCCCCCCCCC. The molecule has 0 aliphatic heterocycles. The predicted molar refractivity (Wildman–Crippen MR) is 353 cm³/mol. The highest BCUT2D eigenvalue weighted by atomic mass is 16.6. The summed E-state index contributed by atoms with van der Waals surface area (Å²) < 4.78 is 16.9. The molecule has 6 heteroatoms. The Morgan fingerprint density at radius 2 is 0.481 bits per heavy atom. The molecular formula is C75H136O6. The number of hydrogen-bond donors (Lipinski definition) is 0. The van der Waals surface area contributed by atoms with Gasteiger partial charge in [0, 0.05) is 19.3 Å². The molecule has 0 aliphatic carbocycles. The van der Waals surface area contributed by atoms with E-state index in [0.717, 1.165) is 89.9 Å². The highest BCUT2D eigenvalue weighted by Gasteiger charge is 2.19. The number of carbonyl (C=O) groups excluding carboxylic acids is 3. The average Bonchev–Trinajstić information content (AvgIpc) is 3.47. The van der Waals surface area contributed by atoms with Crippen molar-refractivity contribution < 1.29 is 28.6 Å². The van der Waals surface area contributed by atoms with E-state index in [0.29, 0.717) is 19.3 Å². The quantitative estimate of drug-likeness (QED) is 0.0261. The van der Waals surface area contributed by atoms with Crippen LogP contribution in [-0.2, 0) is 28.6 Å². The van der Waals surface area contributed by atoms with Gasteiger partial charge in [0.25, 0.3) is 0 Å². The Hall–Kier alpha value is -2.89. The molecule has 0 amide bonds. The first-order chi connectivity index (χ1) is 40.0. The molecule has 1 atom stereocenters. The van der Waals surface area contributed by atoms with Crippen molar-refractivity contribution >= 4 is 17.9 Å². The van der Waals surface area contributed by atoms with E-state index < -0.39 is 6.10 Å². The van der Waals surface area contributed by atoms with Crippen molar-refractivity contribution in [1.82, 2.24) is 0 Å². The molecule has 0 radical (unpaired) electrons. The molecule has 81 heavy (non-hydrogen) atoms. The van der Waals surface area contributed by atoms with Crippen LogP contribution in [0, 0.1) is 0 Å². The normalized spacial score (nSPS) is 12.4. The standard InChI is InChI=1S/C75H136O6/c1-4-7-10-13-16-19-21-23-25-27-29-31-33-34-35-36-37-38-39-40-42-43-45-47-49-51-53-56-59-62-65-68-74(77)80-71-72(70-79-73(76)67-64-61-58-55-18-15-12-9-6-3)81-75(78)69-66-63-60-57-54-52-50-48-46-44-41-32-30-28-26-24-22-20-17-14-11-8-5-2/h7,10,16,19,23,25,29,31,34-35,72H,4-6,8-9,11-15,17-18,20-22,24,26-28,30,32-33,36-71H2,1-3H3/b10-7-,19-16-,25-23-,31-29-,35-34-. The summed E-state index contributed by atoms with van der Waals surface area (Å²) in [7, 11) is 0. The summed E-state index contributed by atoms with van der Waals surface area (Å²) in [5.74, 6) is -0.844. The molecule has 0 aromatic heterocycles. The highest BCUT2D eigenvalue weighted by molar-refractivity contribution is 5.71. The first-order valence-corrected chi connectivity index (χ1v) is 35.8. The van der Waals surface area contributed by atoms with E-state index >= 15 is 0 Å². The molecule has 0 N–H and O–H groups in total. The monoisotopic (exact) mass is 1130 g/mol. The van der Waals surface area contributed by atoms with Crippen LogP contribution < -0.4 is 0 Å². The van der Waals surface area contributed by atoms with Gasteiger partial charge in [-0.2, -0.15) is 0 Å². The highest BCUT2D eigenvalue weighted by Crippen LogP contribution is 2.19. The summed E-state index contributed by atoms with van der Waals surface area (Å²) in [6.07, 6.45) is 89.9. The number of hydrogen-bond acceptors (Lipinski definition) is 6. The average molecular weight is 1130 g/mol. The van der Waals surface area contributed by atoms with E-state index in [1.165, 1.54) is 250 Å². The fraction of sp³-hybridized carbons (Fsp3) is 0.827. The van der Waals surface area contributed by atoms with E-state index in [2.05, 4.69) is 81.5 Å². The zero-order valence-electron chi connectivity index (χ0n) is 54.3. The van der Waals surface area contributed by atoms with Gasteiger partial charge in [0.1, 0.15) is 13.2 Å². The molecule has 0 spiro atoms. The summed E-state index contributed by atoms with van der Waals surface area (Å²) in [5, 5.41) is 0. The third-order valence-corrected chi connectivity index (χ3v) is 16.0. The Morgan fingerprint density at radius 3 is 0.753 bits per heavy atom. The first-order valence-electron chi connectivity index (χ1n) is 35.8. The Labute approximate surface area is 504 Å². The van der Waals surface area contributed by atoms with Crippen molar-refractivity contribution in [3.63, 3.8) is 0 Å². The fourth-order valence-electron chi connectivity index (χ4n) is 10.7. The van der Waals surface area contributed by atoms with Gasteiger partial charge in [-0.15, -0.1) is 0 Å². The maximum Gasteiger partial charge on any atom is 0.306 e. The molecule has 0 rings (SSSR count). The number of rotatable bonds is 66. The number of allylic oxidation sites excluding steroid dienone is 10. The van der Waals surface area contributed by atoms with Gasteiger partial charge in [0.15, 0.2) is 6.10 Å². The number of unbranched alkanes of at least 4 members (excludes halogenated alkanes) is 45. The Balaban J connectivity index is 4.09. The molecule has 1 unspecified atom stereocenters. The van der Waals surface area contributed by atoms with Crippen LogP contribution in [0.5, 0.6) is 0 Å². The zero-order chi connectivity index (χ0) is 58.5.